The lowest BCUT2D eigenvalue weighted by Gasteiger charge is -2.29. The van der Waals surface area contributed by atoms with Gasteiger partial charge >= 0.3 is 5.97 Å². The van der Waals surface area contributed by atoms with Crippen molar-refractivity contribution in [2.45, 2.75) is 38.8 Å². The Hall–Kier alpha value is -1.10. The number of amides is 1. The minimum Gasteiger partial charge on any atom is -0.480 e. The van der Waals surface area contributed by atoms with Crippen LogP contribution in [-0.4, -0.2) is 40.5 Å². The zero-order valence-electron chi connectivity index (χ0n) is 9.07. The predicted octanol–water partition coefficient (Wildman–Crippen LogP) is 0.0453. The van der Waals surface area contributed by atoms with Crippen molar-refractivity contribution in [1.29, 1.82) is 0 Å². The number of carbonyl (C=O) groups excluding carboxylic acids is 1. The molecule has 0 aromatic heterocycles. The fourth-order valence-electron chi connectivity index (χ4n) is 1.21. The number of rotatable bonds is 4. The summed E-state index contributed by atoms with van der Waals surface area (Å²) in [5.41, 5.74) is 4.56. The molecule has 0 aromatic carbocycles. The lowest BCUT2D eigenvalue weighted by Crippen LogP contribution is -2.54. The van der Waals surface area contributed by atoms with Gasteiger partial charge in [0.05, 0.1) is 5.54 Å². The number of hydrogen-bond acceptors (Lipinski definition) is 3. The van der Waals surface area contributed by atoms with Crippen LogP contribution in [0, 0.1) is 0 Å². The molecule has 1 amide bonds. The summed E-state index contributed by atoms with van der Waals surface area (Å²) in [6, 6.07) is -0.801. The zero-order chi connectivity index (χ0) is 11.5. The highest BCUT2D eigenvalue weighted by Crippen LogP contribution is 2.09. The van der Waals surface area contributed by atoms with E-state index in [1.54, 1.807) is 20.8 Å². The van der Waals surface area contributed by atoms with Gasteiger partial charge in [-0.05, 0) is 20.3 Å². The molecule has 0 aromatic rings. The molecule has 5 heteroatoms. The van der Waals surface area contributed by atoms with E-state index in [2.05, 4.69) is 0 Å². The van der Waals surface area contributed by atoms with Crippen molar-refractivity contribution in [2.24, 2.45) is 5.73 Å². The number of carbonyl (C=O) groups is 2. The molecule has 1 unspecified atom stereocenters. The number of carboxylic acid groups (broad SMARTS) is 1. The van der Waals surface area contributed by atoms with E-state index >= 15 is 0 Å². The maximum atomic E-state index is 11.6. The summed E-state index contributed by atoms with van der Waals surface area (Å²) < 4.78 is 0. The summed E-state index contributed by atoms with van der Waals surface area (Å²) in [7, 11) is 1.46. The predicted molar refractivity (Wildman–Crippen MR) is 52.8 cm³/mol. The van der Waals surface area contributed by atoms with E-state index < -0.39 is 17.6 Å². The maximum absolute atomic E-state index is 11.6. The second-order valence-corrected chi connectivity index (χ2v) is 3.90. The Kier molecular flexibility index (Phi) is 4.07. The van der Waals surface area contributed by atoms with Crippen LogP contribution in [0.2, 0.25) is 0 Å². The number of aliphatic carboxylic acids is 1. The van der Waals surface area contributed by atoms with E-state index in [0.717, 1.165) is 0 Å². The van der Waals surface area contributed by atoms with E-state index in [1.807, 2.05) is 0 Å². The molecule has 0 spiro atoms. The molecule has 0 saturated carbocycles. The van der Waals surface area contributed by atoms with Crippen molar-refractivity contribution in [3.05, 3.63) is 0 Å². The van der Waals surface area contributed by atoms with Crippen molar-refractivity contribution in [3.63, 3.8) is 0 Å². The quantitative estimate of drug-likeness (QED) is 0.674. The third-order valence-electron chi connectivity index (χ3n) is 2.01. The Morgan fingerprint density at radius 1 is 1.50 bits per heavy atom. The van der Waals surface area contributed by atoms with Gasteiger partial charge in [-0.3, -0.25) is 4.79 Å². The number of nitrogens with zero attached hydrogens (tertiary/aromatic N) is 1. The van der Waals surface area contributed by atoms with Crippen LogP contribution in [0.25, 0.3) is 0 Å². The van der Waals surface area contributed by atoms with Crippen molar-refractivity contribution in [2.75, 3.05) is 7.05 Å². The molecular formula is C9H18N2O3. The number of nitrogens with two attached hydrogens (primary N) is 1. The first-order chi connectivity index (χ1) is 6.21. The van der Waals surface area contributed by atoms with Gasteiger partial charge in [0.15, 0.2) is 0 Å². The summed E-state index contributed by atoms with van der Waals surface area (Å²) >= 11 is 0. The largest absolute Gasteiger partial charge is 0.480 e. The lowest BCUT2D eigenvalue weighted by atomic mass is 10.0. The van der Waals surface area contributed by atoms with Gasteiger partial charge in [0.25, 0.3) is 0 Å². The first-order valence-electron chi connectivity index (χ1n) is 4.50. The second kappa shape index (κ2) is 4.41. The van der Waals surface area contributed by atoms with Gasteiger partial charge in [0, 0.05) is 7.05 Å². The third-order valence-corrected chi connectivity index (χ3v) is 2.01. The van der Waals surface area contributed by atoms with Gasteiger partial charge in [-0.15, -0.1) is 0 Å². The molecule has 5 nitrogen and oxygen atoms in total. The molecule has 82 valence electrons. The van der Waals surface area contributed by atoms with Crippen LogP contribution in [0.3, 0.4) is 0 Å². The minimum atomic E-state index is -1.03. The summed E-state index contributed by atoms with van der Waals surface area (Å²) in [5.74, 6) is -1.38. The fraction of sp³-hybridized carbons (Fsp3) is 0.778. The molecule has 0 radical (unpaired) electrons. The molecule has 14 heavy (non-hydrogen) atoms. The maximum Gasteiger partial charge on any atom is 0.326 e. The van der Waals surface area contributed by atoms with E-state index in [4.69, 9.17) is 10.8 Å². The smallest absolute Gasteiger partial charge is 0.326 e. The summed E-state index contributed by atoms with van der Waals surface area (Å²) in [4.78, 5) is 23.6. The van der Waals surface area contributed by atoms with E-state index in [-0.39, 0.29) is 5.91 Å². The van der Waals surface area contributed by atoms with Crippen molar-refractivity contribution in [1.82, 2.24) is 4.90 Å². The second-order valence-electron chi connectivity index (χ2n) is 3.90. The average molecular weight is 202 g/mol. The van der Waals surface area contributed by atoms with Crippen molar-refractivity contribution in [3.8, 4) is 0 Å². The molecule has 0 rings (SSSR count). The molecule has 0 aliphatic rings. The summed E-state index contributed by atoms with van der Waals surface area (Å²) in [5, 5.41) is 8.82. The Morgan fingerprint density at radius 2 is 1.93 bits per heavy atom. The molecule has 0 heterocycles. The Bertz CT molecular complexity index is 233. The first-order valence-corrected chi connectivity index (χ1v) is 4.50. The molecule has 0 aliphatic heterocycles. The van der Waals surface area contributed by atoms with Crippen LogP contribution in [0.1, 0.15) is 27.2 Å². The van der Waals surface area contributed by atoms with E-state index in [1.165, 1.54) is 11.9 Å². The van der Waals surface area contributed by atoms with Gasteiger partial charge < -0.3 is 15.7 Å². The monoisotopic (exact) mass is 202 g/mol. The van der Waals surface area contributed by atoms with Crippen LogP contribution in [0.5, 0.6) is 0 Å². The van der Waals surface area contributed by atoms with Gasteiger partial charge in [-0.2, -0.15) is 0 Å². The van der Waals surface area contributed by atoms with E-state index in [0.29, 0.717) is 6.42 Å². The van der Waals surface area contributed by atoms with Crippen LogP contribution in [0.15, 0.2) is 0 Å². The normalized spacial score (nSPS) is 13.5. The Morgan fingerprint density at radius 3 is 2.14 bits per heavy atom. The minimum absolute atomic E-state index is 0.369. The summed E-state index contributed by atoms with van der Waals surface area (Å²) in [6.45, 7) is 4.83. The van der Waals surface area contributed by atoms with Gasteiger partial charge in [0.1, 0.15) is 6.04 Å². The molecule has 0 bridgehead atoms. The van der Waals surface area contributed by atoms with Gasteiger partial charge in [0.2, 0.25) is 5.91 Å². The van der Waals surface area contributed by atoms with Crippen molar-refractivity contribution >= 4 is 11.9 Å². The number of carboxylic acids is 1. The SMILES string of the molecule is CCC(C(=O)O)N(C)C(=O)C(C)(C)N. The lowest BCUT2D eigenvalue weighted by molar-refractivity contribution is -0.150. The standard InChI is InChI=1S/C9H18N2O3/c1-5-6(7(12)13)11(4)8(14)9(2,3)10/h6H,5,10H2,1-4H3,(H,12,13). The third kappa shape index (κ3) is 2.99. The Balaban J connectivity index is 4.68. The molecule has 1 atom stereocenters. The number of likely N-dealkylation sites (N-methyl/N-ethyl adjacent to an activating group) is 1. The molecule has 0 saturated heterocycles. The van der Waals surface area contributed by atoms with Crippen LogP contribution < -0.4 is 5.73 Å². The molecule has 0 fully saturated rings. The molecule has 3 N–H and O–H groups in total. The molecule has 0 aliphatic carbocycles. The summed E-state index contributed by atoms with van der Waals surface area (Å²) in [6.07, 6.45) is 0.369. The van der Waals surface area contributed by atoms with Gasteiger partial charge in [-0.25, -0.2) is 4.79 Å². The van der Waals surface area contributed by atoms with Crippen molar-refractivity contribution < 1.29 is 14.7 Å². The van der Waals surface area contributed by atoms with Crippen LogP contribution >= 0.6 is 0 Å². The fourth-order valence-corrected chi connectivity index (χ4v) is 1.21. The molecular weight excluding hydrogens is 184 g/mol. The van der Waals surface area contributed by atoms with Crippen LogP contribution in [0.4, 0.5) is 0 Å². The highest BCUT2D eigenvalue weighted by molar-refractivity contribution is 5.89. The van der Waals surface area contributed by atoms with Crippen LogP contribution in [-0.2, 0) is 9.59 Å². The van der Waals surface area contributed by atoms with E-state index in [9.17, 15) is 9.59 Å². The Labute approximate surface area is 83.9 Å². The highest BCUT2D eigenvalue weighted by Gasteiger charge is 2.32. The first kappa shape index (κ1) is 12.9. The highest BCUT2D eigenvalue weighted by atomic mass is 16.4. The number of hydrogen-bond donors (Lipinski definition) is 2. The van der Waals surface area contributed by atoms with Gasteiger partial charge in [-0.1, -0.05) is 6.92 Å². The zero-order valence-corrected chi connectivity index (χ0v) is 9.07. The topological polar surface area (TPSA) is 83.6 Å². The average Bonchev–Trinajstić information content (AvgIpc) is 2.01.